The summed E-state index contributed by atoms with van der Waals surface area (Å²) in [4.78, 5) is 162. The fraction of sp³-hybridized carbons (Fsp3) is 0.655. The minimum Gasteiger partial charge on any atom is -0.465 e. The molecule has 3 aliphatic heterocycles. The molecule has 0 spiro atoms. The summed E-state index contributed by atoms with van der Waals surface area (Å²) < 4.78 is 143. The van der Waals surface area contributed by atoms with Crippen LogP contribution < -0.4 is 5.32 Å². The number of alkyl halides is 3. The molecule has 34 heteroatoms. The van der Waals surface area contributed by atoms with Crippen molar-refractivity contribution in [2.24, 2.45) is 10.4 Å². The van der Waals surface area contributed by atoms with Gasteiger partial charge in [0.2, 0.25) is 18.3 Å². The van der Waals surface area contributed by atoms with Crippen LogP contribution in [-0.2, 0) is 138 Å². The fourth-order valence-corrected chi connectivity index (χ4v) is 9.11. The van der Waals surface area contributed by atoms with E-state index < -0.39 is 213 Å². The summed E-state index contributed by atoms with van der Waals surface area (Å²) in [6.07, 6.45) is -37.7. The molecular formula is C55H71F3N2O29. The van der Waals surface area contributed by atoms with Crippen molar-refractivity contribution in [3.63, 3.8) is 0 Å². The van der Waals surface area contributed by atoms with E-state index in [1.807, 2.05) is 0 Å². The Morgan fingerprint density at radius 2 is 1.10 bits per heavy atom. The van der Waals surface area contributed by atoms with Crippen LogP contribution in [0.1, 0.15) is 96.4 Å². The van der Waals surface area contributed by atoms with Gasteiger partial charge in [-0.3, -0.25) is 52.7 Å². The Hall–Kier alpha value is -8.08. The first-order valence-corrected chi connectivity index (χ1v) is 27.1. The van der Waals surface area contributed by atoms with Crippen molar-refractivity contribution in [3.8, 4) is 0 Å². The van der Waals surface area contributed by atoms with E-state index in [0.29, 0.717) is 0 Å². The molecule has 89 heavy (non-hydrogen) atoms. The van der Waals surface area contributed by atoms with Crippen LogP contribution in [0.25, 0.3) is 0 Å². The van der Waals surface area contributed by atoms with Gasteiger partial charge in [0, 0.05) is 69.2 Å². The maximum absolute atomic E-state index is 15.0. The number of carbonyl (C=O) groups excluding carboxylic acids is 12. The van der Waals surface area contributed by atoms with Crippen LogP contribution in [-0.4, -0.2) is 208 Å². The molecule has 0 unspecified atom stereocenters. The van der Waals surface area contributed by atoms with Gasteiger partial charge in [0.05, 0.1) is 30.7 Å². The Morgan fingerprint density at radius 1 is 0.596 bits per heavy atom. The Kier molecular flexibility index (Phi) is 26.3. The van der Waals surface area contributed by atoms with E-state index in [2.05, 4.69) is 10.3 Å². The molecule has 0 saturated carbocycles. The zero-order valence-electron chi connectivity index (χ0n) is 50.8. The lowest BCUT2D eigenvalue weighted by Gasteiger charge is -2.52. The standard InChI is InChI=1S/C55H71F3N2O29/c1-24(61)59-39-35(77-28(5)65)20-54(52(72)73-14,88-43(39)40(79-30(7)67)36(78-29(6)66)21-74-25(2)62)89-45-42(80-31(8)68)38(23-76-27(4)64)83-48(47(45)82-33(10)70)85-41-37(22-75-26(3)63)84-49(46(44(41)81-32(9)69)86-51(71)53(11,12)13)87-50(55(56,57)58)60-34-18-16-15-17-19-34/h15-19,35-49H,20-23H2,1-14H3,(H,59,61)/t35-,36+,37+,38+,39+,40+,41+,42-,43+,44-,45-,46+,47+,48-,49-,54-/m0/s1. The minimum atomic E-state index is -5.45. The summed E-state index contributed by atoms with van der Waals surface area (Å²) in [7, 11) is 0.775. The third kappa shape index (κ3) is 21.6. The number of carbonyl (C=O) groups is 12. The van der Waals surface area contributed by atoms with Crippen molar-refractivity contribution >= 4 is 83.2 Å². The smallest absolute Gasteiger partial charge is 0.465 e. The highest BCUT2D eigenvalue weighted by Crippen LogP contribution is 2.43. The highest BCUT2D eigenvalue weighted by atomic mass is 19.4. The van der Waals surface area contributed by atoms with E-state index in [1.165, 1.54) is 51.1 Å². The van der Waals surface area contributed by atoms with Crippen molar-refractivity contribution in [1.82, 2.24) is 5.32 Å². The highest BCUT2D eigenvalue weighted by molar-refractivity contribution is 5.85. The average Bonchev–Trinajstić information content (AvgIpc) is 0.808. The second-order valence-corrected chi connectivity index (χ2v) is 21.0. The molecule has 0 aromatic heterocycles. The number of methoxy groups -OCH3 is 1. The lowest BCUT2D eigenvalue weighted by atomic mass is 9.87. The number of benzene rings is 1. The number of hydrogen-bond donors (Lipinski definition) is 1. The molecule has 1 aromatic rings. The third-order valence-corrected chi connectivity index (χ3v) is 12.4. The van der Waals surface area contributed by atoms with Crippen LogP contribution in [0.15, 0.2) is 35.3 Å². The van der Waals surface area contributed by atoms with Crippen molar-refractivity contribution in [3.05, 3.63) is 30.3 Å². The predicted molar refractivity (Wildman–Crippen MR) is 282 cm³/mol. The number of amides is 1. The predicted octanol–water partition coefficient (Wildman–Crippen LogP) is 1.92. The van der Waals surface area contributed by atoms with E-state index in [0.717, 1.165) is 76.3 Å². The first kappa shape index (κ1) is 73.4. The maximum atomic E-state index is 15.0. The quantitative estimate of drug-likeness (QED) is 0.0707. The van der Waals surface area contributed by atoms with Gasteiger partial charge in [-0.15, -0.1) is 0 Å². The van der Waals surface area contributed by atoms with Crippen LogP contribution in [0.3, 0.4) is 0 Å². The lowest BCUT2D eigenvalue weighted by molar-refractivity contribution is -0.385. The van der Waals surface area contributed by atoms with Crippen LogP contribution in [0, 0.1) is 5.41 Å². The normalized spacial score (nSPS) is 27.7. The summed E-state index contributed by atoms with van der Waals surface area (Å²) in [5.74, 6) is -19.2. The third-order valence-electron chi connectivity index (χ3n) is 12.4. The van der Waals surface area contributed by atoms with E-state index in [1.54, 1.807) is 0 Å². The van der Waals surface area contributed by atoms with Gasteiger partial charge in [-0.05, 0) is 32.9 Å². The van der Waals surface area contributed by atoms with Gasteiger partial charge in [0.15, 0.2) is 36.8 Å². The van der Waals surface area contributed by atoms with Gasteiger partial charge >= 0.3 is 71.8 Å². The Labute approximate surface area is 506 Å². The topological polar surface area (TPSA) is 386 Å². The number of hydrogen-bond acceptors (Lipinski definition) is 30. The van der Waals surface area contributed by atoms with Gasteiger partial charge in [-0.25, -0.2) is 9.79 Å². The van der Waals surface area contributed by atoms with E-state index >= 15 is 13.2 Å². The lowest BCUT2D eigenvalue weighted by Crippen LogP contribution is -2.72. The molecule has 496 valence electrons. The number of para-hydroxylation sites is 1. The molecule has 1 aromatic carbocycles. The van der Waals surface area contributed by atoms with Gasteiger partial charge < -0.3 is 85.8 Å². The molecule has 3 saturated heterocycles. The molecule has 3 fully saturated rings. The van der Waals surface area contributed by atoms with Gasteiger partial charge in [0.25, 0.3) is 11.7 Å². The zero-order valence-corrected chi connectivity index (χ0v) is 50.8. The zero-order chi connectivity index (χ0) is 67.0. The first-order valence-electron chi connectivity index (χ1n) is 27.1. The molecule has 3 aliphatic rings. The molecule has 0 aliphatic carbocycles. The number of esters is 11. The van der Waals surface area contributed by atoms with Crippen molar-refractivity contribution in [2.75, 3.05) is 26.9 Å². The number of rotatable bonds is 23. The van der Waals surface area contributed by atoms with Crippen LogP contribution in [0.5, 0.6) is 0 Å². The SMILES string of the molecule is COC(=O)[C@@]1(O[C@H]2[C@@H](OC(C)=O)[C@@H](COC(C)=O)O[C@@H](O[C@H]3[C@H](OC(C)=O)[C@@H](OC(=O)C(C)(C)C)[C@H](OC(=Nc4ccccc4)C(F)(F)F)O[C@@H]3COC(C)=O)[C@@H]2OC(C)=O)C[C@H](OC(C)=O)[C@@H](NC(C)=O)[C@H]([C@H](OC(C)=O)[C@@H](COC(C)=O)OC(C)=O)O1. The van der Waals surface area contributed by atoms with E-state index in [-0.39, 0.29) is 5.69 Å². The summed E-state index contributed by atoms with van der Waals surface area (Å²) >= 11 is 0. The molecule has 0 radical (unpaired) electrons. The molecule has 4 rings (SSSR count). The van der Waals surface area contributed by atoms with Gasteiger partial charge in [0.1, 0.15) is 56.4 Å². The number of aliphatic imine (C=N–C) groups is 1. The van der Waals surface area contributed by atoms with E-state index in [4.69, 9.17) is 80.5 Å². The summed E-state index contributed by atoms with van der Waals surface area (Å²) in [5, 5.41) is 2.47. The summed E-state index contributed by atoms with van der Waals surface area (Å²) in [5.41, 5.74) is -1.82. The Morgan fingerprint density at radius 3 is 1.58 bits per heavy atom. The number of halogens is 3. The summed E-state index contributed by atoms with van der Waals surface area (Å²) in [6, 6.07) is 4.72. The average molecular weight is 1280 g/mol. The first-order chi connectivity index (χ1) is 41.3. The van der Waals surface area contributed by atoms with Crippen LogP contribution >= 0.6 is 0 Å². The Balaban J connectivity index is 2.15. The monoisotopic (exact) mass is 1280 g/mol. The number of ether oxygens (including phenoxy) is 17. The van der Waals surface area contributed by atoms with Gasteiger partial charge in [-0.2, -0.15) is 13.2 Å². The Bertz CT molecular complexity index is 2770. The number of nitrogens with zero attached hydrogens (tertiary/aromatic N) is 1. The van der Waals surface area contributed by atoms with Crippen molar-refractivity contribution in [2.45, 2.75) is 200 Å². The molecule has 16 atom stereocenters. The van der Waals surface area contributed by atoms with Crippen molar-refractivity contribution in [1.29, 1.82) is 0 Å². The molecular weight excluding hydrogens is 1210 g/mol. The minimum absolute atomic E-state index is 0.307. The second kappa shape index (κ2) is 31.9. The van der Waals surface area contributed by atoms with Crippen LogP contribution in [0.4, 0.5) is 18.9 Å². The second-order valence-electron chi connectivity index (χ2n) is 21.0. The highest BCUT2D eigenvalue weighted by Gasteiger charge is 2.65. The largest absolute Gasteiger partial charge is 0.468 e. The van der Waals surface area contributed by atoms with Crippen molar-refractivity contribution < 1.29 is 151 Å². The van der Waals surface area contributed by atoms with E-state index in [9.17, 15) is 57.5 Å². The molecule has 31 nitrogen and oxygen atoms in total. The maximum Gasteiger partial charge on any atom is 0.468 e. The van der Waals surface area contributed by atoms with Gasteiger partial charge in [-0.1, -0.05) is 18.2 Å². The molecule has 0 bridgehead atoms. The number of nitrogens with one attached hydrogen (secondary N) is 1. The molecule has 1 N–H and O–H groups in total. The molecule has 3 heterocycles. The fourth-order valence-electron chi connectivity index (χ4n) is 9.11. The molecule has 1 amide bonds. The van der Waals surface area contributed by atoms with Crippen LogP contribution in [0.2, 0.25) is 0 Å². The summed E-state index contributed by atoms with van der Waals surface area (Å²) in [6.45, 7) is 9.86.